The van der Waals surface area contributed by atoms with Crippen molar-refractivity contribution < 1.29 is 9.53 Å². The van der Waals surface area contributed by atoms with Gasteiger partial charge in [0.2, 0.25) is 0 Å². The third-order valence-corrected chi connectivity index (χ3v) is 2.87. The van der Waals surface area contributed by atoms with Crippen molar-refractivity contribution in [2.75, 3.05) is 12.9 Å². The minimum absolute atomic E-state index is 0.225. The van der Waals surface area contributed by atoms with Crippen LogP contribution in [0.1, 0.15) is 12.0 Å². The first-order chi connectivity index (χ1) is 7.27. The van der Waals surface area contributed by atoms with Crippen molar-refractivity contribution in [2.24, 2.45) is 0 Å². The Morgan fingerprint density at radius 2 is 2.27 bits per heavy atom. The number of nitriles is 1. The van der Waals surface area contributed by atoms with Crippen LogP contribution in [0, 0.1) is 11.3 Å². The van der Waals surface area contributed by atoms with Crippen LogP contribution in [0.15, 0.2) is 29.2 Å². The molecule has 1 aromatic rings. The topological polar surface area (TPSA) is 50.1 Å². The first kappa shape index (κ1) is 11.6. The second-order valence-corrected chi connectivity index (χ2v) is 3.92. The fourth-order valence-corrected chi connectivity index (χ4v) is 1.96. The van der Waals surface area contributed by atoms with E-state index >= 15 is 0 Å². The van der Waals surface area contributed by atoms with Crippen LogP contribution < -0.4 is 0 Å². The van der Waals surface area contributed by atoms with Crippen LogP contribution >= 0.6 is 11.8 Å². The van der Waals surface area contributed by atoms with E-state index in [4.69, 9.17) is 5.26 Å². The molecule has 0 aliphatic rings. The highest BCUT2D eigenvalue weighted by molar-refractivity contribution is 7.99. The molecule has 0 amide bonds. The first-order valence-corrected chi connectivity index (χ1v) is 5.45. The van der Waals surface area contributed by atoms with E-state index in [2.05, 4.69) is 10.8 Å². The molecule has 0 unspecified atom stereocenters. The maximum atomic E-state index is 10.9. The molecular formula is C11H11NO2S. The molecule has 0 aliphatic heterocycles. The summed E-state index contributed by atoms with van der Waals surface area (Å²) in [6.07, 6.45) is 0.362. The van der Waals surface area contributed by atoms with Gasteiger partial charge in [-0.3, -0.25) is 4.79 Å². The third-order valence-electron chi connectivity index (χ3n) is 1.80. The monoisotopic (exact) mass is 221 g/mol. The van der Waals surface area contributed by atoms with Crippen molar-refractivity contribution in [2.45, 2.75) is 11.3 Å². The van der Waals surface area contributed by atoms with Gasteiger partial charge in [0.05, 0.1) is 19.1 Å². The third kappa shape index (κ3) is 3.64. The summed E-state index contributed by atoms with van der Waals surface area (Å²) in [6.45, 7) is 0. The highest BCUT2D eigenvalue weighted by atomic mass is 32.2. The van der Waals surface area contributed by atoms with Crippen LogP contribution in [0.2, 0.25) is 0 Å². The van der Waals surface area contributed by atoms with Gasteiger partial charge in [-0.25, -0.2) is 0 Å². The smallest absolute Gasteiger partial charge is 0.306 e. The molecule has 0 saturated heterocycles. The van der Waals surface area contributed by atoms with Crippen LogP contribution in [-0.2, 0) is 9.53 Å². The Morgan fingerprint density at radius 3 is 2.93 bits per heavy atom. The van der Waals surface area contributed by atoms with Crippen LogP contribution in [-0.4, -0.2) is 18.8 Å². The largest absolute Gasteiger partial charge is 0.469 e. The van der Waals surface area contributed by atoms with Crippen molar-refractivity contribution in [3.63, 3.8) is 0 Å². The van der Waals surface area contributed by atoms with E-state index in [0.717, 1.165) is 4.90 Å². The quantitative estimate of drug-likeness (QED) is 0.577. The predicted molar refractivity (Wildman–Crippen MR) is 58.5 cm³/mol. The number of nitrogens with zero attached hydrogens (tertiary/aromatic N) is 1. The van der Waals surface area contributed by atoms with Gasteiger partial charge >= 0.3 is 5.97 Å². The molecule has 0 aliphatic carbocycles. The Morgan fingerprint density at radius 1 is 1.53 bits per heavy atom. The summed E-state index contributed by atoms with van der Waals surface area (Å²) in [5.74, 6) is 0.405. The molecule has 15 heavy (non-hydrogen) atoms. The summed E-state index contributed by atoms with van der Waals surface area (Å²) >= 11 is 1.49. The van der Waals surface area contributed by atoms with E-state index in [-0.39, 0.29) is 5.97 Å². The minimum atomic E-state index is -0.225. The zero-order valence-electron chi connectivity index (χ0n) is 8.40. The fourth-order valence-electron chi connectivity index (χ4n) is 1.03. The first-order valence-electron chi connectivity index (χ1n) is 4.46. The van der Waals surface area contributed by atoms with E-state index in [0.29, 0.717) is 17.7 Å². The molecule has 0 radical (unpaired) electrons. The molecule has 0 spiro atoms. The highest BCUT2D eigenvalue weighted by Crippen LogP contribution is 2.22. The average Bonchev–Trinajstić information content (AvgIpc) is 2.29. The lowest BCUT2D eigenvalue weighted by molar-refractivity contribution is -0.140. The highest BCUT2D eigenvalue weighted by Gasteiger charge is 2.04. The number of benzene rings is 1. The van der Waals surface area contributed by atoms with Gasteiger partial charge in [-0.1, -0.05) is 12.1 Å². The Balaban J connectivity index is 2.51. The standard InChI is InChI=1S/C11H11NO2S/c1-14-11(13)6-7-15-10-5-3-2-4-9(10)8-12/h2-5H,6-7H2,1H3. The zero-order chi connectivity index (χ0) is 11.1. The molecule has 0 aromatic heterocycles. The van der Waals surface area contributed by atoms with Crippen molar-refractivity contribution >= 4 is 17.7 Å². The number of thioether (sulfide) groups is 1. The molecule has 1 rings (SSSR count). The molecule has 0 heterocycles. The van der Waals surface area contributed by atoms with Gasteiger partial charge in [-0.2, -0.15) is 5.26 Å². The van der Waals surface area contributed by atoms with Crippen LogP contribution in [0.25, 0.3) is 0 Å². The summed E-state index contributed by atoms with van der Waals surface area (Å²) in [4.78, 5) is 11.8. The summed E-state index contributed by atoms with van der Waals surface area (Å²) in [6, 6.07) is 9.45. The van der Waals surface area contributed by atoms with Crippen LogP contribution in [0.3, 0.4) is 0 Å². The Bertz CT molecular complexity index is 384. The summed E-state index contributed by atoms with van der Waals surface area (Å²) < 4.78 is 4.53. The van der Waals surface area contributed by atoms with E-state index in [1.807, 2.05) is 18.2 Å². The number of methoxy groups -OCH3 is 1. The summed E-state index contributed by atoms with van der Waals surface area (Å²) in [7, 11) is 1.37. The maximum absolute atomic E-state index is 10.9. The van der Waals surface area contributed by atoms with Crippen molar-refractivity contribution in [1.29, 1.82) is 5.26 Å². The number of esters is 1. The van der Waals surface area contributed by atoms with Crippen molar-refractivity contribution in [1.82, 2.24) is 0 Å². The van der Waals surface area contributed by atoms with E-state index in [9.17, 15) is 4.79 Å². The zero-order valence-corrected chi connectivity index (χ0v) is 9.21. The number of carbonyl (C=O) groups is 1. The van der Waals surface area contributed by atoms with Gasteiger partial charge in [-0.05, 0) is 12.1 Å². The van der Waals surface area contributed by atoms with Gasteiger partial charge in [0.25, 0.3) is 0 Å². The number of hydrogen-bond acceptors (Lipinski definition) is 4. The molecule has 0 bridgehead atoms. The van der Waals surface area contributed by atoms with Crippen molar-refractivity contribution in [3.8, 4) is 6.07 Å². The van der Waals surface area contributed by atoms with E-state index in [1.165, 1.54) is 18.9 Å². The number of hydrogen-bond donors (Lipinski definition) is 0. The molecule has 78 valence electrons. The lowest BCUT2D eigenvalue weighted by Crippen LogP contribution is -2.01. The Labute approximate surface area is 93.0 Å². The second kappa shape index (κ2) is 6.10. The summed E-state index contributed by atoms with van der Waals surface area (Å²) in [5.41, 5.74) is 0.646. The SMILES string of the molecule is COC(=O)CCSc1ccccc1C#N. The van der Waals surface area contributed by atoms with Gasteiger partial charge in [0.1, 0.15) is 6.07 Å². The molecule has 3 nitrogen and oxygen atoms in total. The van der Waals surface area contributed by atoms with Crippen LogP contribution in [0.4, 0.5) is 0 Å². The molecule has 4 heteroatoms. The molecule has 0 saturated carbocycles. The average molecular weight is 221 g/mol. The van der Waals surface area contributed by atoms with E-state index in [1.54, 1.807) is 6.07 Å². The Hall–Kier alpha value is -1.47. The lowest BCUT2D eigenvalue weighted by atomic mass is 10.2. The minimum Gasteiger partial charge on any atom is -0.469 e. The number of ether oxygens (including phenoxy) is 1. The van der Waals surface area contributed by atoms with Gasteiger partial charge in [0, 0.05) is 10.6 Å². The fraction of sp³-hybridized carbons (Fsp3) is 0.273. The van der Waals surface area contributed by atoms with E-state index < -0.39 is 0 Å². The van der Waals surface area contributed by atoms with Crippen LogP contribution in [0.5, 0.6) is 0 Å². The molecular weight excluding hydrogens is 210 g/mol. The van der Waals surface area contributed by atoms with Gasteiger partial charge in [0.15, 0.2) is 0 Å². The lowest BCUT2D eigenvalue weighted by Gasteiger charge is -2.02. The molecule has 0 fully saturated rings. The number of rotatable bonds is 4. The Kier molecular flexibility index (Phi) is 4.72. The molecule has 0 N–H and O–H groups in total. The normalized spacial score (nSPS) is 9.33. The molecule has 0 atom stereocenters. The summed E-state index contributed by atoms with van der Waals surface area (Å²) in [5, 5.41) is 8.82. The van der Waals surface area contributed by atoms with Gasteiger partial charge in [-0.15, -0.1) is 11.8 Å². The van der Waals surface area contributed by atoms with Gasteiger partial charge < -0.3 is 4.74 Å². The van der Waals surface area contributed by atoms with Crippen molar-refractivity contribution in [3.05, 3.63) is 29.8 Å². The predicted octanol–water partition coefficient (Wildman–Crippen LogP) is 2.21. The second-order valence-electron chi connectivity index (χ2n) is 2.78. The molecule has 1 aromatic carbocycles. The number of carbonyl (C=O) groups excluding carboxylic acids is 1. The maximum Gasteiger partial charge on any atom is 0.306 e.